The van der Waals surface area contributed by atoms with Crippen LogP contribution in [0.1, 0.15) is 12.0 Å². The predicted octanol–water partition coefficient (Wildman–Crippen LogP) is 2.56. The molecule has 2 aromatic carbocycles. The van der Waals surface area contributed by atoms with E-state index in [1.54, 1.807) is 30.3 Å². The molecule has 138 valence electrons. The smallest absolute Gasteiger partial charge is 0.235 e. The van der Waals surface area contributed by atoms with Gasteiger partial charge < -0.3 is 10.1 Å². The number of methoxy groups -OCH3 is 1. The summed E-state index contributed by atoms with van der Waals surface area (Å²) in [7, 11) is -1.84. The van der Waals surface area contributed by atoms with Crippen LogP contribution in [0, 0.1) is 5.82 Å². The largest absolute Gasteiger partial charge is 0.495 e. The molecule has 0 aliphatic carbocycles. The van der Waals surface area contributed by atoms with Gasteiger partial charge in [-0.15, -0.1) is 0 Å². The van der Waals surface area contributed by atoms with Crippen molar-refractivity contribution >= 4 is 27.3 Å². The van der Waals surface area contributed by atoms with E-state index in [0.717, 1.165) is 0 Å². The van der Waals surface area contributed by atoms with Gasteiger partial charge in [0.2, 0.25) is 15.9 Å². The number of nitrogens with zero attached hydrogens (tertiary/aromatic N) is 1. The standard InChI is InChI=1S/C18H19FN2O4S/c1-25-17-8-7-15(21-9-2-10-26(21,23)24)12-16(17)20-18(22)11-13-3-5-14(19)6-4-13/h3-8,12H,2,9-11H2,1H3,(H,20,22). The van der Waals surface area contributed by atoms with Crippen molar-refractivity contribution in [2.75, 3.05) is 29.0 Å². The fourth-order valence-electron chi connectivity index (χ4n) is 2.86. The topological polar surface area (TPSA) is 75.7 Å². The van der Waals surface area contributed by atoms with Crippen LogP contribution in [0.2, 0.25) is 0 Å². The van der Waals surface area contributed by atoms with Gasteiger partial charge in [-0.1, -0.05) is 12.1 Å². The lowest BCUT2D eigenvalue weighted by Gasteiger charge is -2.19. The van der Waals surface area contributed by atoms with Crippen LogP contribution in [-0.4, -0.2) is 33.7 Å². The summed E-state index contributed by atoms with van der Waals surface area (Å²) in [5.41, 5.74) is 1.54. The van der Waals surface area contributed by atoms with E-state index < -0.39 is 10.0 Å². The Balaban J connectivity index is 1.80. The second-order valence-corrected chi connectivity index (χ2v) is 7.99. The fraction of sp³-hybridized carbons (Fsp3) is 0.278. The molecule has 0 aromatic heterocycles. The van der Waals surface area contributed by atoms with Crippen molar-refractivity contribution in [3.05, 3.63) is 53.8 Å². The van der Waals surface area contributed by atoms with Crippen LogP contribution >= 0.6 is 0 Å². The molecular weight excluding hydrogens is 359 g/mol. The molecule has 0 saturated carbocycles. The molecular formula is C18H19FN2O4S. The number of sulfonamides is 1. The van der Waals surface area contributed by atoms with Crippen molar-refractivity contribution in [3.63, 3.8) is 0 Å². The summed E-state index contributed by atoms with van der Waals surface area (Å²) in [6.45, 7) is 0.414. The zero-order valence-corrected chi connectivity index (χ0v) is 15.1. The van der Waals surface area contributed by atoms with Crippen LogP contribution in [0.25, 0.3) is 0 Å². The van der Waals surface area contributed by atoms with Crippen molar-refractivity contribution in [2.45, 2.75) is 12.8 Å². The third kappa shape index (κ3) is 3.96. The van der Waals surface area contributed by atoms with E-state index in [-0.39, 0.29) is 23.9 Å². The van der Waals surface area contributed by atoms with Gasteiger partial charge in [-0.05, 0) is 42.3 Å². The molecule has 6 nitrogen and oxygen atoms in total. The van der Waals surface area contributed by atoms with E-state index in [0.29, 0.717) is 35.7 Å². The lowest BCUT2D eigenvalue weighted by atomic mass is 10.1. The number of ether oxygens (including phenoxy) is 1. The highest BCUT2D eigenvalue weighted by Gasteiger charge is 2.29. The molecule has 1 amide bonds. The van der Waals surface area contributed by atoms with Gasteiger partial charge in [0.25, 0.3) is 0 Å². The van der Waals surface area contributed by atoms with Crippen LogP contribution in [0.3, 0.4) is 0 Å². The Morgan fingerprint density at radius 2 is 1.96 bits per heavy atom. The molecule has 1 fully saturated rings. The molecule has 1 saturated heterocycles. The van der Waals surface area contributed by atoms with Crippen LogP contribution in [0.15, 0.2) is 42.5 Å². The number of carbonyl (C=O) groups excluding carboxylic acids is 1. The number of hydrogen-bond donors (Lipinski definition) is 1. The first kappa shape index (κ1) is 18.2. The second kappa shape index (κ2) is 7.33. The van der Waals surface area contributed by atoms with E-state index in [1.165, 1.54) is 23.5 Å². The number of benzene rings is 2. The van der Waals surface area contributed by atoms with Gasteiger partial charge in [-0.25, -0.2) is 12.8 Å². The molecule has 3 rings (SSSR count). The predicted molar refractivity (Wildman–Crippen MR) is 97.5 cm³/mol. The molecule has 0 bridgehead atoms. The Morgan fingerprint density at radius 1 is 1.23 bits per heavy atom. The highest BCUT2D eigenvalue weighted by molar-refractivity contribution is 7.93. The van der Waals surface area contributed by atoms with E-state index in [2.05, 4.69) is 5.32 Å². The maximum absolute atomic E-state index is 13.0. The number of carbonyl (C=O) groups is 1. The molecule has 26 heavy (non-hydrogen) atoms. The molecule has 8 heteroatoms. The average Bonchev–Trinajstić information content (AvgIpc) is 2.96. The zero-order chi connectivity index (χ0) is 18.7. The summed E-state index contributed by atoms with van der Waals surface area (Å²) < 4.78 is 43.7. The van der Waals surface area contributed by atoms with E-state index in [9.17, 15) is 17.6 Å². The Morgan fingerprint density at radius 3 is 2.58 bits per heavy atom. The molecule has 1 aliphatic rings. The summed E-state index contributed by atoms with van der Waals surface area (Å²) in [6.07, 6.45) is 0.635. The maximum atomic E-state index is 13.0. The lowest BCUT2D eigenvalue weighted by molar-refractivity contribution is -0.115. The molecule has 1 heterocycles. The van der Waals surface area contributed by atoms with E-state index in [4.69, 9.17) is 4.74 Å². The summed E-state index contributed by atoms with van der Waals surface area (Å²) in [5.74, 6) is -0.129. The number of amides is 1. The maximum Gasteiger partial charge on any atom is 0.235 e. The van der Waals surface area contributed by atoms with Gasteiger partial charge >= 0.3 is 0 Å². The van der Waals surface area contributed by atoms with Gasteiger partial charge in [-0.3, -0.25) is 9.10 Å². The summed E-state index contributed by atoms with van der Waals surface area (Å²) in [6, 6.07) is 10.5. The van der Waals surface area contributed by atoms with Gasteiger partial charge in [-0.2, -0.15) is 0 Å². The van der Waals surface area contributed by atoms with E-state index in [1.807, 2.05) is 0 Å². The Bertz CT molecular complexity index is 913. The Labute approximate surface area is 151 Å². The third-order valence-electron chi connectivity index (χ3n) is 4.12. The van der Waals surface area contributed by atoms with Crippen molar-refractivity contribution in [1.82, 2.24) is 0 Å². The van der Waals surface area contributed by atoms with Gasteiger partial charge in [0.05, 0.1) is 30.7 Å². The first-order valence-corrected chi connectivity index (χ1v) is 9.73. The average molecular weight is 378 g/mol. The SMILES string of the molecule is COc1ccc(N2CCCS2(=O)=O)cc1NC(=O)Cc1ccc(F)cc1. The second-order valence-electron chi connectivity index (χ2n) is 5.98. The molecule has 1 N–H and O–H groups in total. The first-order valence-electron chi connectivity index (χ1n) is 8.12. The molecule has 0 atom stereocenters. The molecule has 0 unspecified atom stereocenters. The monoisotopic (exact) mass is 378 g/mol. The van der Waals surface area contributed by atoms with Crippen molar-refractivity contribution in [3.8, 4) is 5.75 Å². The van der Waals surface area contributed by atoms with Gasteiger partial charge in [0, 0.05) is 6.54 Å². The Hall–Kier alpha value is -2.61. The molecule has 1 aliphatic heterocycles. The highest BCUT2D eigenvalue weighted by Crippen LogP contribution is 2.32. The summed E-state index contributed by atoms with van der Waals surface area (Å²) in [4.78, 5) is 12.3. The lowest BCUT2D eigenvalue weighted by Crippen LogP contribution is -2.25. The Kier molecular flexibility index (Phi) is 5.13. The normalized spacial score (nSPS) is 15.7. The van der Waals surface area contributed by atoms with Crippen molar-refractivity contribution in [1.29, 1.82) is 0 Å². The van der Waals surface area contributed by atoms with Gasteiger partial charge in [0.15, 0.2) is 0 Å². The quantitative estimate of drug-likeness (QED) is 0.868. The number of rotatable bonds is 5. The molecule has 2 aromatic rings. The van der Waals surface area contributed by atoms with Crippen LogP contribution in [-0.2, 0) is 21.2 Å². The van der Waals surface area contributed by atoms with Crippen LogP contribution in [0.5, 0.6) is 5.75 Å². The fourth-order valence-corrected chi connectivity index (χ4v) is 4.42. The summed E-state index contributed by atoms with van der Waals surface area (Å²) in [5, 5.41) is 2.74. The minimum atomic E-state index is -3.31. The van der Waals surface area contributed by atoms with Crippen molar-refractivity contribution in [2.24, 2.45) is 0 Å². The van der Waals surface area contributed by atoms with Crippen LogP contribution in [0.4, 0.5) is 15.8 Å². The number of hydrogen-bond acceptors (Lipinski definition) is 4. The van der Waals surface area contributed by atoms with Gasteiger partial charge in [0.1, 0.15) is 11.6 Å². The van der Waals surface area contributed by atoms with Crippen molar-refractivity contribution < 1.29 is 22.3 Å². The van der Waals surface area contributed by atoms with E-state index >= 15 is 0 Å². The third-order valence-corrected chi connectivity index (χ3v) is 5.99. The van der Waals surface area contributed by atoms with Crippen LogP contribution < -0.4 is 14.4 Å². The zero-order valence-electron chi connectivity index (χ0n) is 14.2. The summed E-state index contributed by atoms with van der Waals surface area (Å²) >= 11 is 0. The minimum Gasteiger partial charge on any atom is -0.495 e. The number of anilines is 2. The minimum absolute atomic E-state index is 0.0652. The number of nitrogens with one attached hydrogen (secondary N) is 1. The molecule has 0 radical (unpaired) electrons. The first-order chi connectivity index (χ1) is 12.4. The molecule has 0 spiro atoms. The number of halogens is 1. The highest BCUT2D eigenvalue weighted by atomic mass is 32.2.